The molecule has 0 radical (unpaired) electrons. The smallest absolute Gasteiger partial charge is 0.133 e. The number of benzene rings is 4. The van der Waals surface area contributed by atoms with Crippen molar-refractivity contribution in [3.63, 3.8) is 0 Å². The predicted molar refractivity (Wildman–Crippen MR) is 139 cm³/mol. The van der Waals surface area contributed by atoms with Crippen LogP contribution in [0.1, 0.15) is 42.7 Å². The molecular weight excluding hydrogens is 436 g/mol. The van der Waals surface area contributed by atoms with Crippen LogP contribution in [-0.4, -0.2) is 12.6 Å². The van der Waals surface area contributed by atoms with E-state index in [0.717, 1.165) is 18.9 Å². The largest absolute Gasteiger partial charge is 0.313 e. The van der Waals surface area contributed by atoms with Gasteiger partial charge in [0.25, 0.3) is 0 Å². The van der Waals surface area contributed by atoms with Crippen molar-refractivity contribution in [1.29, 1.82) is 0 Å². The number of nitrogens with one attached hydrogen (secondary N) is 1. The molecule has 1 N–H and O–H groups in total. The zero-order chi connectivity index (χ0) is 23.8. The molecule has 178 valence electrons. The molecule has 4 aromatic rings. The van der Waals surface area contributed by atoms with Gasteiger partial charge < -0.3 is 5.32 Å². The fourth-order valence-electron chi connectivity index (χ4n) is 6.68. The van der Waals surface area contributed by atoms with Crippen molar-refractivity contribution >= 4 is 10.8 Å². The van der Waals surface area contributed by atoms with Crippen molar-refractivity contribution < 1.29 is 8.78 Å². The van der Waals surface area contributed by atoms with Crippen LogP contribution in [0.25, 0.3) is 21.9 Å². The van der Waals surface area contributed by atoms with Gasteiger partial charge in [-0.1, -0.05) is 85.6 Å². The lowest BCUT2D eigenvalue weighted by molar-refractivity contribution is 0.307. The summed E-state index contributed by atoms with van der Waals surface area (Å²) in [4.78, 5) is 0. The molecule has 1 nitrogen and oxygen atoms in total. The van der Waals surface area contributed by atoms with E-state index in [1.54, 1.807) is 0 Å². The van der Waals surface area contributed by atoms with Gasteiger partial charge in [-0.3, -0.25) is 0 Å². The summed E-state index contributed by atoms with van der Waals surface area (Å²) in [7, 11) is 0. The first-order valence-corrected chi connectivity index (χ1v) is 12.9. The minimum atomic E-state index is -0.518. The second kappa shape index (κ2) is 9.54. The minimum absolute atomic E-state index is 0.0553. The van der Waals surface area contributed by atoms with Crippen molar-refractivity contribution in [2.75, 3.05) is 6.54 Å². The van der Waals surface area contributed by atoms with E-state index in [1.165, 1.54) is 65.8 Å². The summed E-state index contributed by atoms with van der Waals surface area (Å²) in [5.41, 5.74) is 3.31. The lowest BCUT2D eigenvalue weighted by Gasteiger charge is -2.29. The summed E-state index contributed by atoms with van der Waals surface area (Å²) >= 11 is 0. The van der Waals surface area contributed by atoms with Gasteiger partial charge in [0, 0.05) is 18.5 Å². The first-order valence-electron chi connectivity index (χ1n) is 12.9. The van der Waals surface area contributed by atoms with Gasteiger partial charge in [-0.05, 0) is 70.7 Å². The molecule has 35 heavy (non-hydrogen) atoms. The second-order valence-corrected chi connectivity index (χ2v) is 10.3. The van der Waals surface area contributed by atoms with Gasteiger partial charge in [0.05, 0.1) is 5.56 Å². The summed E-state index contributed by atoms with van der Waals surface area (Å²) in [5, 5.41) is 6.55. The minimum Gasteiger partial charge on any atom is -0.313 e. The van der Waals surface area contributed by atoms with Gasteiger partial charge in [0.2, 0.25) is 0 Å². The van der Waals surface area contributed by atoms with Crippen LogP contribution >= 0.6 is 0 Å². The highest BCUT2D eigenvalue weighted by Crippen LogP contribution is 2.43. The molecular formula is C32H31F2N. The summed E-state index contributed by atoms with van der Waals surface area (Å²) in [5.74, 6) is 0.552. The van der Waals surface area contributed by atoms with Gasteiger partial charge in [-0.15, -0.1) is 0 Å². The highest BCUT2D eigenvalue weighted by Gasteiger charge is 2.41. The van der Waals surface area contributed by atoms with Gasteiger partial charge in [-0.2, -0.15) is 0 Å². The molecule has 1 saturated carbocycles. The first-order chi connectivity index (χ1) is 17.2. The molecule has 2 aliphatic rings. The number of halogens is 2. The zero-order valence-corrected chi connectivity index (χ0v) is 19.9. The molecule has 3 heteroatoms. The Morgan fingerprint density at radius 3 is 2.20 bits per heavy atom. The SMILES string of the molecule is Fc1cccc(F)c1-c1ccc([C@@H]2CNC(C3CCCC3)[C@H]2Cc2cccc3ccccc23)cc1. The van der Waals surface area contributed by atoms with E-state index in [4.69, 9.17) is 0 Å². The molecule has 0 bridgehead atoms. The molecule has 0 amide bonds. The molecule has 3 atom stereocenters. The Kier molecular flexibility index (Phi) is 6.12. The molecule has 1 saturated heterocycles. The Hall–Kier alpha value is -3.04. The molecule has 6 rings (SSSR count). The highest BCUT2D eigenvalue weighted by molar-refractivity contribution is 5.85. The summed E-state index contributed by atoms with van der Waals surface area (Å²) in [6, 6.07) is 27.8. The Morgan fingerprint density at radius 2 is 1.43 bits per heavy atom. The number of hydrogen-bond acceptors (Lipinski definition) is 1. The average Bonchev–Trinajstić information content (AvgIpc) is 3.55. The van der Waals surface area contributed by atoms with Crippen LogP contribution < -0.4 is 5.32 Å². The quantitative estimate of drug-likeness (QED) is 0.315. The molecule has 1 unspecified atom stereocenters. The maximum absolute atomic E-state index is 14.3. The summed E-state index contributed by atoms with van der Waals surface area (Å²) in [6.45, 7) is 0.948. The fourth-order valence-corrected chi connectivity index (χ4v) is 6.68. The standard InChI is InChI=1S/C32H31F2N/c33-29-13-6-14-30(34)31(29)23-17-15-22(16-18-23)28-20-35-32(24-8-1-2-9-24)27(28)19-25-11-5-10-21-7-3-4-12-26(21)25/h3-7,10-18,24,27-28,32,35H,1-2,8-9,19-20H2/t27-,28-,32?/m0/s1. The van der Waals surface area contributed by atoms with E-state index >= 15 is 0 Å². The normalized spacial score (nSPS) is 22.7. The average molecular weight is 468 g/mol. The van der Waals surface area contributed by atoms with Crippen LogP contribution in [0.5, 0.6) is 0 Å². The highest BCUT2D eigenvalue weighted by atomic mass is 19.1. The monoisotopic (exact) mass is 467 g/mol. The zero-order valence-electron chi connectivity index (χ0n) is 19.9. The lowest BCUT2D eigenvalue weighted by atomic mass is 9.76. The Bertz CT molecular complexity index is 1300. The Balaban J connectivity index is 1.34. The van der Waals surface area contributed by atoms with E-state index in [9.17, 15) is 8.78 Å². The molecule has 0 spiro atoms. The van der Waals surface area contributed by atoms with Crippen LogP contribution in [0.2, 0.25) is 0 Å². The molecule has 1 heterocycles. The molecule has 1 aliphatic carbocycles. The fraction of sp³-hybridized carbons (Fsp3) is 0.312. The Labute approximate surface area is 206 Å². The van der Waals surface area contributed by atoms with Gasteiger partial charge >= 0.3 is 0 Å². The van der Waals surface area contributed by atoms with Crippen LogP contribution in [-0.2, 0) is 6.42 Å². The van der Waals surface area contributed by atoms with Gasteiger partial charge in [0.1, 0.15) is 11.6 Å². The van der Waals surface area contributed by atoms with Crippen molar-refractivity contribution in [1.82, 2.24) is 5.32 Å². The van der Waals surface area contributed by atoms with Crippen LogP contribution in [0.15, 0.2) is 84.9 Å². The molecule has 1 aliphatic heterocycles. The predicted octanol–water partition coefficient (Wildman–Crippen LogP) is 7.89. The van der Waals surface area contributed by atoms with E-state index in [2.05, 4.69) is 59.9 Å². The lowest BCUT2D eigenvalue weighted by Crippen LogP contribution is -2.35. The van der Waals surface area contributed by atoms with Gasteiger partial charge in [0.15, 0.2) is 0 Å². The molecule has 2 fully saturated rings. The summed E-state index contributed by atoms with van der Waals surface area (Å²) in [6.07, 6.45) is 6.31. The second-order valence-electron chi connectivity index (χ2n) is 10.3. The number of rotatable bonds is 5. The van der Waals surface area contributed by atoms with E-state index in [1.807, 2.05) is 12.1 Å². The van der Waals surface area contributed by atoms with Crippen LogP contribution in [0.3, 0.4) is 0 Å². The maximum Gasteiger partial charge on any atom is 0.133 e. The van der Waals surface area contributed by atoms with Crippen molar-refractivity contribution in [3.8, 4) is 11.1 Å². The van der Waals surface area contributed by atoms with E-state index in [0.29, 0.717) is 23.4 Å². The topological polar surface area (TPSA) is 12.0 Å². The van der Waals surface area contributed by atoms with Crippen LogP contribution in [0.4, 0.5) is 8.78 Å². The van der Waals surface area contributed by atoms with Crippen LogP contribution in [0, 0.1) is 23.5 Å². The van der Waals surface area contributed by atoms with Crippen molar-refractivity contribution in [2.24, 2.45) is 11.8 Å². The van der Waals surface area contributed by atoms with E-state index in [-0.39, 0.29) is 5.56 Å². The third-order valence-corrected chi connectivity index (χ3v) is 8.39. The third kappa shape index (κ3) is 4.27. The first kappa shape index (κ1) is 22.4. The van der Waals surface area contributed by atoms with Gasteiger partial charge in [-0.25, -0.2) is 8.78 Å². The molecule has 0 aromatic heterocycles. The number of hydrogen-bond donors (Lipinski definition) is 1. The van der Waals surface area contributed by atoms with E-state index < -0.39 is 11.6 Å². The van der Waals surface area contributed by atoms with Crippen molar-refractivity contribution in [3.05, 3.63) is 108 Å². The van der Waals surface area contributed by atoms with Crippen molar-refractivity contribution in [2.45, 2.75) is 44.1 Å². The maximum atomic E-state index is 14.3. The Morgan fingerprint density at radius 1 is 0.743 bits per heavy atom. The third-order valence-electron chi connectivity index (χ3n) is 8.39. The number of fused-ring (bicyclic) bond motifs is 1. The molecule has 4 aromatic carbocycles. The summed E-state index contributed by atoms with van der Waals surface area (Å²) < 4.78 is 28.7.